The Morgan fingerprint density at radius 3 is 2.91 bits per heavy atom. The third kappa shape index (κ3) is 4.15. The molecule has 0 aromatic carbocycles. The number of nitrogens with one attached hydrogen (secondary N) is 1. The summed E-state index contributed by atoms with van der Waals surface area (Å²) in [6, 6.07) is 6.23. The molecule has 1 aliphatic rings. The molecule has 1 saturated heterocycles. The fourth-order valence-electron chi connectivity index (χ4n) is 2.75. The molecule has 0 bridgehead atoms. The summed E-state index contributed by atoms with van der Waals surface area (Å²) < 4.78 is 5.56. The number of thiophene rings is 1. The zero-order valence-electron chi connectivity index (χ0n) is 12.4. The van der Waals surface area contributed by atoms with Crippen LogP contribution in [0.15, 0.2) is 41.4 Å². The minimum atomic E-state index is 0.112. The fraction of sp³-hybridized carbons (Fsp3) is 0.412. The molecular formula is C17H20N2O2S. The van der Waals surface area contributed by atoms with Gasteiger partial charge in [0.2, 0.25) is 5.91 Å². The number of aromatic nitrogens is 1. The molecule has 1 N–H and O–H groups in total. The summed E-state index contributed by atoms with van der Waals surface area (Å²) >= 11 is 1.67. The van der Waals surface area contributed by atoms with E-state index in [4.69, 9.17) is 4.74 Å². The Balaban J connectivity index is 1.49. The van der Waals surface area contributed by atoms with Crippen LogP contribution in [0.25, 0.3) is 0 Å². The van der Waals surface area contributed by atoms with Crippen molar-refractivity contribution in [1.29, 1.82) is 0 Å². The van der Waals surface area contributed by atoms with Crippen molar-refractivity contribution >= 4 is 17.2 Å². The molecule has 3 rings (SSSR count). The number of nitrogens with zero attached hydrogens (tertiary/aromatic N) is 1. The number of rotatable bonds is 6. The van der Waals surface area contributed by atoms with E-state index in [1.54, 1.807) is 23.7 Å². The lowest BCUT2D eigenvalue weighted by molar-refractivity contribution is -0.122. The van der Waals surface area contributed by atoms with Gasteiger partial charge in [0.05, 0.1) is 19.3 Å². The second kappa shape index (κ2) is 7.51. The predicted octanol–water partition coefficient (Wildman–Crippen LogP) is 2.45. The highest BCUT2D eigenvalue weighted by Crippen LogP contribution is 2.19. The molecular weight excluding hydrogens is 296 g/mol. The van der Waals surface area contributed by atoms with Gasteiger partial charge >= 0.3 is 0 Å². The van der Waals surface area contributed by atoms with E-state index in [9.17, 15) is 4.79 Å². The molecule has 1 aliphatic heterocycles. The van der Waals surface area contributed by atoms with Crippen LogP contribution in [0, 0.1) is 5.92 Å². The Labute approximate surface area is 134 Å². The van der Waals surface area contributed by atoms with Crippen LogP contribution in [0.3, 0.4) is 0 Å². The Hall–Kier alpha value is -1.72. The van der Waals surface area contributed by atoms with Crippen LogP contribution in [0.1, 0.15) is 17.5 Å². The molecule has 1 amide bonds. The highest BCUT2D eigenvalue weighted by Gasteiger charge is 2.29. The number of carbonyl (C=O) groups excluding carboxylic acids is 1. The molecule has 22 heavy (non-hydrogen) atoms. The highest BCUT2D eigenvalue weighted by atomic mass is 32.1. The molecule has 0 unspecified atom stereocenters. The maximum absolute atomic E-state index is 12.1. The molecule has 1 fully saturated rings. The van der Waals surface area contributed by atoms with Crippen LogP contribution in [-0.2, 0) is 22.4 Å². The van der Waals surface area contributed by atoms with Crippen molar-refractivity contribution in [3.8, 4) is 0 Å². The number of hydrogen-bond donors (Lipinski definition) is 1. The quantitative estimate of drug-likeness (QED) is 0.890. The van der Waals surface area contributed by atoms with Gasteiger partial charge in [0.1, 0.15) is 0 Å². The third-order valence-corrected chi connectivity index (χ3v) is 4.74. The Morgan fingerprint density at radius 2 is 2.14 bits per heavy atom. The van der Waals surface area contributed by atoms with E-state index >= 15 is 0 Å². The monoisotopic (exact) mass is 316 g/mol. The van der Waals surface area contributed by atoms with Crippen molar-refractivity contribution in [2.24, 2.45) is 5.92 Å². The topological polar surface area (TPSA) is 51.2 Å². The van der Waals surface area contributed by atoms with E-state index in [0.29, 0.717) is 25.6 Å². The van der Waals surface area contributed by atoms with Crippen LogP contribution in [-0.4, -0.2) is 30.1 Å². The number of pyridine rings is 1. The van der Waals surface area contributed by atoms with E-state index in [1.807, 2.05) is 17.5 Å². The average Bonchev–Trinajstić information content (AvgIpc) is 3.19. The predicted molar refractivity (Wildman–Crippen MR) is 86.8 cm³/mol. The lowest BCUT2D eigenvalue weighted by Crippen LogP contribution is -2.40. The first-order valence-corrected chi connectivity index (χ1v) is 8.52. The fourth-order valence-corrected chi connectivity index (χ4v) is 3.46. The van der Waals surface area contributed by atoms with Crippen LogP contribution < -0.4 is 5.32 Å². The highest BCUT2D eigenvalue weighted by molar-refractivity contribution is 7.07. The summed E-state index contributed by atoms with van der Waals surface area (Å²) in [7, 11) is 0. The first-order valence-electron chi connectivity index (χ1n) is 7.58. The van der Waals surface area contributed by atoms with Crippen molar-refractivity contribution < 1.29 is 9.53 Å². The molecule has 0 aliphatic carbocycles. The Morgan fingerprint density at radius 1 is 1.27 bits per heavy atom. The van der Waals surface area contributed by atoms with E-state index in [0.717, 1.165) is 12.8 Å². The second-order valence-corrected chi connectivity index (χ2v) is 6.44. The third-order valence-electron chi connectivity index (χ3n) is 4.01. The molecule has 5 heteroatoms. The van der Waals surface area contributed by atoms with E-state index < -0.39 is 0 Å². The number of carbonyl (C=O) groups is 1. The molecule has 4 nitrogen and oxygen atoms in total. The van der Waals surface area contributed by atoms with Crippen molar-refractivity contribution in [2.75, 3.05) is 13.2 Å². The van der Waals surface area contributed by atoms with Gasteiger partial charge in [0.15, 0.2) is 0 Å². The van der Waals surface area contributed by atoms with Gasteiger partial charge in [0, 0.05) is 24.7 Å². The van der Waals surface area contributed by atoms with Crippen LogP contribution >= 0.6 is 11.3 Å². The molecule has 0 radical (unpaired) electrons. The first-order chi connectivity index (χ1) is 10.8. The summed E-state index contributed by atoms with van der Waals surface area (Å²) in [5, 5.41) is 7.28. The molecule has 2 aromatic heterocycles. The molecule has 0 saturated carbocycles. The molecule has 3 heterocycles. The normalized spacial score (nSPS) is 20.9. The Kier molecular flexibility index (Phi) is 5.19. The minimum absolute atomic E-state index is 0.112. The Bertz CT molecular complexity index is 586. The van der Waals surface area contributed by atoms with E-state index in [1.165, 1.54) is 11.1 Å². The van der Waals surface area contributed by atoms with E-state index in [2.05, 4.69) is 21.7 Å². The van der Waals surface area contributed by atoms with Gasteiger partial charge in [-0.3, -0.25) is 9.78 Å². The molecule has 2 aromatic rings. The van der Waals surface area contributed by atoms with E-state index in [-0.39, 0.29) is 11.9 Å². The SMILES string of the molecule is O=C(CCc1ccsc1)N[C@H]1COC[C@H]1Cc1ccncc1. The summed E-state index contributed by atoms with van der Waals surface area (Å²) in [6.07, 6.45) is 5.87. The van der Waals surface area contributed by atoms with Gasteiger partial charge in [-0.2, -0.15) is 11.3 Å². The van der Waals surface area contributed by atoms with Gasteiger partial charge in [-0.15, -0.1) is 0 Å². The number of aryl methyl sites for hydroxylation is 1. The number of amides is 1. The van der Waals surface area contributed by atoms with Crippen molar-refractivity contribution in [3.63, 3.8) is 0 Å². The van der Waals surface area contributed by atoms with Gasteiger partial charge in [-0.05, 0) is 52.9 Å². The van der Waals surface area contributed by atoms with Crippen LogP contribution in [0.4, 0.5) is 0 Å². The van der Waals surface area contributed by atoms with Gasteiger partial charge < -0.3 is 10.1 Å². The zero-order chi connectivity index (χ0) is 15.2. The summed E-state index contributed by atoms with van der Waals surface area (Å²) in [4.78, 5) is 16.2. The maximum atomic E-state index is 12.1. The second-order valence-electron chi connectivity index (χ2n) is 5.66. The summed E-state index contributed by atoms with van der Waals surface area (Å²) in [5.41, 5.74) is 2.47. The standard InChI is InChI=1S/C17H20N2O2S/c20-17(2-1-14-5-8-22-12-14)19-16-11-21-10-15(16)9-13-3-6-18-7-4-13/h3-8,12,15-16H,1-2,9-11H2,(H,19,20)/t15-,16+/m1/s1. The van der Waals surface area contributed by atoms with Crippen molar-refractivity contribution in [2.45, 2.75) is 25.3 Å². The van der Waals surface area contributed by atoms with Crippen molar-refractivity contribution in [3.05, 3.63) is 52.5 Å². The zero-order valence-corrected chi connectivity index (χ0v) is 13.2. The van der Waals surface area contributed by atoms with Crippen molar-refractivity contribution in [1.82, 2.24) is 10.3 Å². The maximum Gasteiger partial charge on any atom is 0.220 e. The molecule has 2 atom stereocenters. The summed E-state index contributed by atoms with van der Waals surface area (Å²) in [6.45, 7) is 1.32. The smallest absolute Gasteiger partial charge is 0.220 e. The van der Waals surface area contributed by atoms with Gasteiger partial charge in [0.25, 0.3) is 0 Å². The lowest BCUT2D eigenvalue weighted by Gasteiger charge is -2.19. The lowest BCUT2D eigenvalue weighted by atomic mass is 9.95. The van der Waals surface area contributed by atoms with Gasteiger partial charge in [-0.1, -0.05) is 0 Å². The molecule has 0 spiro atoms. The molecule has 116 valence electrons. The first kappa shape index (κ1) is 15.2. The average molecular weight is 316 g/mol. The van der Waals surface area contributed by atoms with Crippen LogP contribution in [0.2, 0.25) is 0 Å². The minimum Gasteiger partial charge on any atom is -0.379 e. The van der Waals surface area contributed by atoms with Crippen LogP contribution in [0.5, 0.6) is 0 Å². The van der Waals surface area contributed by atoms with Gasteiger partial charge in [-0.25, -0.2) is 0 Å². The largest absolute Gasteiger partial charge is 0.379 e. The summed E-state index contributed by atoms with van der Waals surface area (Å²) in [5.74, 6) is 0.453. The number of hydrogen-bond acceptors (Lipinski definition) is 4. The number of ether oxygens (including phenoxy) is 1.